The number of nitrogens with zero attached hydrogens (tertiary/aromatic N) is 8. The van der Waals surface area contributed by atoms with Crippen molar-refractivity contribution >= 4 is 227 Å². The molecule has 0 radical (unpaired) electrons. The average Bonchev–Trinajstić information content (AvgIpc) is 1.55. The van der Waals surface area contributed by atoms with Crippen LogP contribution in [0, 0.1) is 11.3 Å². The van der Waals surface area contributed by atoms with Crippen LogP contribution >= 0.6 is 0 Å². The van der Waals surface area contributed by atoms with Gasteiger partial charge >= 0.3 is 0 Å². The molecule has 0 amide bonds. The lowest BCUT2D eigenvalue weighted by Crippen LogP contribution is -1.94. The Morgan fingerprint density at radius 1 is 0.211 bits per heavy atom. The van der Waals surface area contributed by atoms with Gasteiger partial charge in [0, 0.05) is 146 Å². The van der Waals surface area contributed by atoms with Gasteiger partial charge in [0.05, 0.1) is 56.3 Å². The van der Waals surface area contributed by atoms with Crippen LogP contribution in [-0.4, -0.2) is 34.5 Å². The highest BCUT2D eigenvalue weighted by atomic mass is 16.3. The first kappa shape index (κ1) is 80.0. The highest BCUT2D eigenvalue weighted by Crippen LogP contribution is 2.50. The summed E-state index contributed by atoms with van der Waals surface area (Å²) in [5, 5.41) is 51.3. The van der Waals surface area contributed by atoms with Gasteiger partial charge in [0.25, 0.3) is 0 Å². The van der Waals surface area contributed by atoms with E-state index in [1.54, 1.807) is 0 Å². The SMILES string of the molecule is N#Cc1ccc2c3cc(-c4cccc(-c5nc6c7ccccc7c7ccccc7c6c6cnccc56)c4)ccc3n(-c3ccccc3)c2c1.c1cc(-c2cc3ccc4cccc5ccc(c2)c3c45)cc(-c2nc3c4ccccc4c4ccccc4c3c3ccncc23)c1.c1cc(-c2nc3c4ccccc4c4ccccc4c3c3cnccc23)cc(-c2cc3ccccc3c3c2oc2ccc4ccccc4c23)c1. The van der Waals surface area contributed by atoms with E-state index >= 15 is 0 Å². The highest BCUT2D eigenvalue weighted by molar-refractivity contribution is 6.36. The van der Waals surface area contributed by atoms with Crippen molar-refractivity contribution in [1.82, 2.24) is 34.5 Å². The Bertz CT molecular complexity index is 10800. The second-order valence-electron chi connectivity index (χ2n) is 37.2. The smallest absolute Gasteiger partial charge is 0.143 e. The summed E-state index contributed by atoms with van der Waals surface area (Å²) >= 11 is 0. The molecule has 9 nitrogen and oxygen atoms in total. The third kappa shape index (κ3) is 12.5. The van der Waals surface area contributed by atoms with Crippen LogP contribution in [0.25, 0.3) is 300 Å². The van der Waals surface area contributed by atoms with E-state index in [4.69, 9.17) is 19.4 Å². The molecule has 31 aromatic rings. The van der Waals surface area contributed by atoms with Gasteiger partial charge in [0.1, 0.15) is 11.2 Å². The first-order chi connectivity index (χ1) is 70.4. The molecule has 142 heavy (non-hydrogen) atoms. The van der Waals surface area contributed by atoms with Crippen molar-refractivity contribution in [2.24, 2.45) is 0 Å². The van der Waals surface area contributed by atoms with Crippen LogP contribution in [0.5, 0.6) is 0 Å². The molecule has 0 N–H and O–H groups in total. The maximum absolute atomic E-state index is 9.70. The Balaban J connectivity index is 0.000000102. The Hall–Kier alpha value is -19.3. The standard InChI is InChI=1S/C46H26N2O.C45H26N4.C42H24N2/c1-3-14-31-27(10-1)20-21-40-42(31)43-32-15-4-2-11-29(32)25-38(46(43)49-40)28-12-9-13-30(24-28)44-37-22-23-47-26-39(37)41-35-18-7-5-16-33(35)34-17-6-8-19-36(34)45(41)48-44;46-26-28-17-19-35-39-25-30(18-20-41(39)49(42(35)23-28)32-11-2-1-3-12-32)29-9-8-10-31(24-29)44-38-21-22-47-27-40(38)43-36-15-6-4-13-33(36)34-14-5-7-16-37(34)45(43)48-44;1-3-13-34-32(11-1)33-12-2-4-14-36(33)42-40(34)35-19-20-43-24-37(35)41(44-42)30-10-6-9-27(21-30)31-22-28-17-15-25-7-5-8-26-16-18-29(23-31)39(28)38(25)26/h1-26H;1-25,27H;1-24H. The first-order valence-corrected chi connectivity index (χ1v) is 48.1. The molecular weight excluding hydrogens is 1730 g/mol. The number of aromatic nitrogens is 7. The van der Waals surface area contributed by atoms with E-state index in [2.05, 4.69) is 420 Å². The maximum Gasteiger partial charge on any atom is 0.143 e. The highest BCUT2D eigenvalue weighted by Gasteiger charge is 2.26. The lowest BCUT2D eigenvalue weighted by atomic mass is 9.90. The van der Waals surface area contributed by atoms with Crippen LogP contribution in [-0.2, 0) is 0 Å². The van der Waals surface area contributed by atoms with Gasteiger partial charge in [0.15, 0.2) is 0 Å². The van der Waals surface area contributed by atoms with Gasteiger partial charge in [-0.2, -0.15) is 5.26 Å². The second-order valence-corrected chi connectivity index (χ2v) is 37.2. The Morgan fingerprint density at radius 3 is 1.15 bits per heavy atom. The summed E-state index contributed by atoms with van der Waals surface area (Å²) in [4.78, 5) is 30.2. The molecule has 0 fully saturated rings. The van der Waals surface area contributed by atoms with Crippen LogP contribution in [0.4, 0.5) is 0 Å². The van der Waals surface area contributed by atoms with E-state index < -0.39 is 0 Å². The van der Waals surface area contributed by atoms with Crippen molar-refractivity contribution in [1.29, 1.82) is 5.26 Å². The fourth-order valence-corrected chi connectivity index (χ4v) is 23.3. The molecule has 0 aliphatic carbocycles. The molecule has 9 heteroatoms. The normalized spacial score (nSPS) is 11.9. The molecular formula is C133H76N8O. The molecule has 0 unspecified atom stereocenters. The number of rotatable bonds is 7. The van der Waals surface area contributed by atoms with E-state index in [1.165, 1.54) is 130 Å². The van der Waals surface area contributed by atoms with E-state index in [-0.39, 0.29) is 0 Å². The van der Waals surface area contributed by atoms with Crippen molar-refractivity contribution in [3.05, 3.63) is 467 Å². The Morgan fingerprint density at radius 2 is 0.606 bits per heavy atom. The summed E-state index contributed by atoms with van der Waals surface area (Å²) in [7, 11) is 0. The van der Waals surface area contributed by atoms with Crippen molar-refractivity contribution in [2.75, 3.05) is 0 Å². The minimum Gasteiger partial charge on any atom is -0.455 e. The summed E-state index contributed by atoms with van der Waals surface area (Å²) in [6.07, 6.45) is 11.6. The predicted octanol–water partition coefficient (Wildman–Crippen LogP) is 35.3. The van der Waals surface area contributed by atoms with Gasteiger partial charge < -0.3 is 8.98 Å². The fourth-order valence-electron chi connectivity index (χ4n) is 23.3. The maximum atomic E-state index is 9.70. The van der Waals surface area contributed by atoms with Crippen LogP contribution in [0.1, 0.15) is 5.56 Å². The topological polar surface area (TPSA) is 119 Å². The van der Waals surface area contributed by atoms with Crippen molar-refractivity contribution in [3.8, 4) is 78.9 Å². The molecule has 0 spiro atoms. The van der Waals surface area contributed by atoms with Crippen molar-refractivity contribution in [2.45, 2.75) is 0 Å². The summed E-state index contributed by atoms with van der Waals surface area (Å²) in [5.74, 6) is 0. The van der Waals surface area contributed by atoms with Crippen LogP contribution in [0.3, 0.4) is 0 Å². The number of hydrogen-bond donors (Lipinski definition) is 0. The number of benzene rings is 23. The number of pyridine rings is 6. The van der Waals surface area contributed by atoms with Crippen LogP contribution in [0.15, 0.2) is 466 Å². The molecule has 23 aromatic carbocycles. The lowest BCUT2D eigenvalue weighted by molar-refractivity contribution is 0.670. The van der Waals surface area contributed by atoms with E-state index in [9.17, 15) is 5.26 Å². The first-order valence-electron chi connectivity index (χ1n) is 48.1. The number of para-hydroxylation sites is 1. The quantitative estimate of drug-likeness (QED) is 0.145. The zero-order valence-electron chi connectivity index (χ0n) is 76.4. The summed E-state index contributed by atoms with van der Waals surface area (Å²) in [6.45, 7) is 0. The molecule has 0 saturated heterocycles. The lowest BCUT2D eigenvalue weighted by Gasteiger charge is -2.16. The summed E-state index contributed by atoms with van der Waals surface area (Å²) < 4.78 is 9.04. The molecule has 8 aromatic heterocycles. The van der Waals surface area contributed by atoms with Gasteiger partial charge in [-0.25, -0.2) is 15.0 Å². The molecule has 0 bridgehead atoms. The Kier molecular flexibility index (Phi) is 18.0. The molecule has 0 atom stereocenters. The zero-order chi connectivity index (χ0) is 93.3. The van der Waals surface area contributed by atoms with Gasteiger partial charge in [-0.05, 0) is 233 Å². The van der Waals surface area contributed by atoms with E-state index in [0.29, 0.717) is 5.56 Å². The van der Waals surface area contributed by atoms with Gasteiger partial charge in [-0.15, -0.1) is 0 Å². The van der Waals surface area contributed by atoms with Gasteiger partial charge in [-0.3, -0.25) is 15.0 Å². The molecule has 0 aliphatic heterocycles. The third-order valence-electron chi connectivity index (χ3n) is 29.5. The Labute approximate surface area is 812 Å². The third-order valence-corrected chi connectivity index (χ3v) is 29.5. The zero-order valence-corrected chi connectivity index (χ0v) is 76.4. The molecule has 0 saturated carbocycles. The second kappa shape index (κ2) is 31.9. The largest absolute Gasteiger partial charge is 0.455 e. The number of nitriles is 1. The molecule has 0 aliphatic rings. The average molecular weight is 1800 g/mol. The fraction of sp³-hybridized carbons (Fsp3) is 0. The number of hydrogen-bond acceptors (Lipinski definition) is 8. The monoisotopic (exact) mass is 1800 g/mol. The van der Waals surface area contributed by atoms with Crippen LogP contribution < -0.4 is 0 Å². The summed E-state index contributed by atoms with van der Waals surface area (Å²) in [6, 6.07) is 154. The van der Waals surface area contributed by atoms with Gasteiger partial charge in [-0.1, -0.05) is 328 Å². The van der Waals surface area contributed by atoms with E-state index in [0.717, 1.165) is 170 Å². The van der Waals surface area contributed by atoms with Crippen molar-refractivity contribution < 1.29 is 4.42 Å². The minimum absolute atomic E-state index is 0.645. The summed E-state index contributed by atoms with van der Waals surface area (Å²) in [5.41, 5.74) is 21.5. The number of fused-ring (bicyclic) bond motifs is 34. The molecule has 31 rings (SSSR count). The van der Waals surface area contributed by atoms with E-state index in [1.807, 2.05) is 67.5 Å². The van der Waals surface area contributed by atoms with Gasteiger partial charge in [0.2, 0.25) is 0 Å². The molecule has 654 valence electrons. The predicted molar refractivity (Wildman–Crippen MR) is 594 cm³/mol. The minimum atomic E-state index is 0.645. The van der Waals surface area contributed by atoms with Crippen molar-refractivity contribution in [3.63, 3.8) is 0 Å². The number of furan rings is 1. The molecule has 8 heterocycles. The van der Waals surface area contributed by atoms with Crippen LogP contribution in [0.2, 0.25) is 0 Å².